The van der Waals surface area contributed by atoms with Crippen molar-refractivity contribution in [3.8, 4) is 11.3 Å². The minimum absolute atomic E-state index is 0.253. The van der Waals surface area contributed by atoms with Crippen LogP contribution in [0.2, 0.25) is 5.02 Å². The Balaban J connectivity index is 1.72. The highest BCUT2D eigenvalue weighted by atomic mass is 35.5. The molecule has 1 aliphatic heterocycles. The quantitative estimate of drug-likeness (QED) is 0.577. The Morgan fingerprint density at radius 3 is 2.41 bits per heavy atom. The molecule has 0 spiro atoms. The predicted octanol–water partition coefficient (Wildman–Crippen LogP) is 5.25. The third-order valence-electron chi connectivity index (χ3n) is 4.66. The first-order valence-electron chi connectivity index (χ1n) is 8.86. The Morgan fingerprint density at radius 1 is 1.03 bits per heavy atom. The summed E-state index contributed by atoms with van der Waals surface area (Å²) in [5.74, 6) is 0.302. The molecule has 0 fully saturated rings. The Kier molecular flexibility index (Phi) is 4.94. The van der Waals surface area contributed by atoms with Gasteiger partial charge in [-0.3, -0.25) is 4.79 Å². The molecule has 7 heteroatoms. The predicted molar refractivity (Wildman–Crippen MR) is 107 cm³/mol. The molecule has 0 radical (unpaired) electrons. The number of allylic oxidation sites excluding steroid dienone is 1. The molecule has 5 nitrogen and oxygen atoms in total. The van der Waals surface area contributed by atoms with Crippen molar-refractivity contribution in [2.24, 2.45) is 0 Å². The number of carbonyl (C=O) groups excluding carboxylic acids is 2. The van der Waals surface area contributed by atoms with Crippen LogP contribution >= 0.6 is 11.6 Å². The largest absolute Gasteiger partial charge is 0.459 e. The van der Waals surface area contributed by atoms with Crippen molar-refractivity contribution in [2.75, 3.05) is 0 Å². The summed E-state index contributed by atoms with van der Waals surface area (Å²) in [6.45, 7) is 1.67. The van der Waals surface area contributed by atoms with Gasteiger partial charge in [-0.1, -0.05) is 11.6 Å². The van der Waals surface area contributed by atoms with Crippen molar-refractivity contribution < 1.29 is 18.4 Å². The molecule has 29 heavy (non-hydrogen) atoms. The maximum absolute atomic E-state index is 13.2. The molecule has 1 aliphatic rings. The molecule has 0 bridgehead atoms. The Bertz CT molecular complexity index is 1120. The van der Waals surface area contributed by atoms with Gasteiger partial charge >= 0.3 is 6.03 Å². The lowest BCUT2D eigenvalue weighted by atomic mass is 9.93. The first-order chi connectivity index (χ1) is 13.9. The van der Waals surface area contributed by atoms with Gasteiger partial charge in [-0.2, -0.15) is 0 Å². The second kappa shape index (κ2) is 7.56. The first-order valence-corrected chi connectivity index (χ1v) is 9.24. The van der Waals surface area contributed by atoms with E-state index in [9.17, 15) is 14.0 Å². The van der Waals surface area contributed by atoms with Gasteiger partial charge in [-0.05, 0) is 67.6 Å². The van der Waals surface area contributed by atoms with E-state index in [1.165, 1.54) is 12.1 Å². The van der Waals surface area contributed by atoms with E-state index >= 15 is 0 Å². The second-order valence-corrected chi connectivity index (χ2v) is 7.05. The van der Waals surface area contributed by atoms with Gasteiger partial charge in [0.15, 0.2) is 5.78 Å². The van der Waals surface area contributed by atoms with Gasteiger partial charge in [0, 0.05) is 27.4 Å². The smallest absolute Gasteiger partial charge is 0.319 e. The number of furan rings is 1. The lowest BCUT2D eigenvalue weighted by Gasteiger charge is -2.27. The lowest BCUT2D eigenvalue weighted by Crippen LogP contribution is -2.45. The van der Waals surface area contributed by atoms with Crippen LogP contribution < -0.4 is 10.6 Å². The number of ketones is 1. The van der Waals surface area contributed by atoms with E-state index in [2.05, 4.69) is 10.6 Å². The van der Waals surface area contributed by atoms with Gasteiger partial charge in [-0.15, -0.1) is 0 Å². The molecule has 2 amide bonds. The summed E-state index contributed by atoms with van der Waals surface area (Å²) in [6.07, 6.45) is 0. The van der Waals surface area contributed by atoms with E-state index in [4.69, 9.17) is 16.0 Å². The fourth-order valence-corrected chi connectivity index (χ4v) is 3.37. The maximum atomic E-state index is 13.2. The Hall–Kier alpha value is -3.38. The van der Waals surface area contributed by atoms with Crippen LogP contribution in [0.1, 0.15) is 29.1 Å². The SMILES string of the molecule is CC1=C(C(=O)c2ccc(Cl)cc2)[C@H](c2ccc(-c3ccc(F)cc3)o2)NC(=O)N1. The number of urea groups is 1. The van der Waals surface area contributed by atoms with E-state index in [0.717, 1.165) is 0 Å². The molecule has 2 N–H and O–H groups in total. The molecule has 2 aromatic carbocycles. The Labute approximate surface area is 171 Å². The van der Waals surface area contributed by atoms with Crippen LogP contribution in [0.25, 0.3) is 11.3 Å². The number of hydrogen-bond acceptors (Lipinski definition) is 3. The fourth-order valence-electron chi connectivity index (χ4n) is 3.24. The van der Waals surface area contributed by atoms with E-state index in [0.29, 0.717) is 38.9 Å². The van der Waals surface area contributed by atoms with Gasteiger partial charge in [0.05, 0.1) is 0 Å². The van der Waals surface area contributed by atoms with Gasteiger partial charge in [0.2, 0.25) is 0 Å². The number of amides is 2. The van der Waals surface area contributed by atoms with Crippen LogP contribution in [0.15, 0.2) is 76.4 Å². The van der Waals surface area contributed by atoms with Crippen molar-refractivity contribution in [3.63, 3.8) is 0 Å². The zero-order valence-corrected chi connectivity index (χ0v) is 16.1. The molecule has 0 unspecified atom stereocenters. The summed E-state index contributed by atoms with van der Waals surface area (Å²) in [6, 6.07) is 14.6. The van der Waals surface area contributed by atoms with Crippen molar-refractivity contribution in [2.45, 2.75) is 13.0 Å². The summed E-state index contributed by atoms with van der Waals surface area (Å²) in [5, 5.41) is 5.90. The molecule has 3 aromatic rings. The third-order valence-corrected chi connectivity index (χ3v) is 4.91. The molecule has 0 saturated carbocycles. The topological polar surface area (TPSA) is 71.3 Å². The molecule has 0 aliphatic carbocycles. The number of benzene rings is 2. The summed E-state index contributed by atoms with van der Waals surface area (Å²) < 4.78 is 19.1. The van der Waals surface area contributed by atoms with Gasteiger partial charge in [0.1, 0.15) is 23.4 Å². The highest BCUT2D eigenvalue weighted by Crippen LogP contribution is 2.33. The second-order valence-electron chi connectivity index (χ2n) is 6.62. The summed E-state index contributed by atoms with van der Waals surface area (Å²) >= 11 is 5.91. The maximum Gasteiger partial charge on any atom is 0.319 e. The van der Waals surface area contributed by atoms with Crippen LogP contribution in [-0.2, 0) is 0 Å². The van der Waals surface area contributed by atoms with Crippen LogP contribution in [0.4, 0.5) is 9.18 Å². The highest BCUT2D eigenvalue weighted by molar-refractivity contribution is 6.30. The average molecular weight is 411 g/mol. The van der Waals surface area contributed by atoms with E-state index in [-0.39, 0.29) is 11.6 Å². The number of nitrogens with one attached hydrogen (secondary N) is 2. The van der Waals surface area contributed by atoms with Gasteiger partial charge in [-0.25, -0.2) is 9.18 Å². The molecule has 1 aromatic heterocycles. The van der Waals surface area contributed by atoms with E-state index in [1.807, 2.05) is 0 Å². The van der Waals surface area contributed by atoms with Crippen LogP contribution in [-0.4, -0.2) is 11.8 Å². The summed E-state index contributed by atoms with van der Waals surface area (Å²) in [7, 11) is 0. The molecule has 146 valence electrons. The monoisotopic (exact) mass is 410 g/mol. The molecular weight excluding hydrogens is 395 g/mol. The fraction of sp³-hybridized carbons (Fsp3) is 0.0909. The number of hydrogen-bond donors (Lipinski definition) is 2. The number of carbonyl (C=O) groups is 2. The zero-order chi connectivity index (χ0) is 20.5. The zero-order valence-electron chi connectivity index (χ0n) is 15.3. The number of rotatable bonds is 4. The average Bonchev–Trinajstić information content (AvgIpc) is 3.18. The number of Topliss-reactive ketones (excluding diaryl/α,β-unsaturated/α-hetero) is 1. The minimum Gasteiger partial charge on any atom is -0.459 e. The third kappa shape index (κ3) is 3.79. The van der Waals surface area contributed by atoms with Crippen molar-refractivity contribution in [3.05, 3.63) is 94.1 Å². The normalized spacial score (nSPS) is 16.4. The molecule has 0 saturated heterocycles. The molecule has 2 heterocycles. The van der Waals surface area contributed by atoms with Crippen LogP contribution in [0, 0.1) is 5.82 Å². The highest BCUT2D eigenvalue weighted by Gasteiger charge is 2.33. The first kappa shape index (κ1) is 19.0. The number of halogens is 2. The van der Waals surface area contributed by atoms with Crippen molar-refractivity contribution in [1.82, 2.24) is 10.6 Å². The van der Waals surface area contributed by atoms with E-state index in [1.54, 1.807) is 55.5 Å². The minimum atomic E-state index is -0.763. The molecule has 4 rings (SSSR count). The summed E-state index contributed by atoms with van der Waals surface area (Å²) in [4.78, 5) is 25.2. The van der Waals surface area contributed by atoms with Crippen LogP contribution in [0.3, 0.4) is 0 Å². The van der Waals surface area contributed by atoms with Gasteiger partial charge < -0.3 is 15.1 Å². The van der Waals surface area contributed by atoms with Crippen molar-refractivity contribution >= 4 is 23.4 Å². The van der Waals surface area contributed by atoms with E-state index < -0.39 is 12.1 Å². The lowest BCUT2D eigenvalue weighted by molar-refractivity contribution is 0.102. The molecular formula is C22H16ClFN2O3. The van der Waals surface area contributed by atoms with Crippen molar-refractivity contribution in [1.29, 1.82) is 0 Å². The van der Waals surface area contributed by atoms with Crippen LogP contribution in [0.5, 0.6) is 0 Å². The molecule has 1 atom stereocenters. The van der Waals surface area contributed by atoms with Gasteiger partial charge in [0.25, 0.3) is 0 Å². The summed E-state index contributed by atoms with van der Waals surface area (Å²) in [5.41, 5.74) is 1.94. The standard InChI is InChI=1S/C22H16ClFN2O3/c1-12-19(21(27)14-2-6-15(23)7-3-14)20(26-22(28)25-12)18-11-10-17(29-18)13-4-8-16(24)9-5-13/h2-11,20H,1H3,(H2,25,26,28)/t20-/m0/s1. The Morgan fingerprint density at radius 2 is 1.72 bits per heavy atom.